The van der Waals surface area contributed by atoms with Crippen LogP contribution in [0.3, 0.4) is 0 Å². The quantitative estimate of drug-likeness (QED) is 0.309. The zero-order valence-corrected chi connectivity index (χ0v) is 22.7. The molecule has 0 saturated heterocycles. The second-order valence-electron chi connectivity index (χ2n) is 9.29. The number of nitrogens with two attached hydrogens (primary N) is 1. The van der Waals surface area contributed by atoms with E-state index in [2.05, 4.69) is 20.4 Å². The number of nitrogens with one attached hydrogen (secondary N) is 1. The maximum absolute atomic E-state index is 13.9. The van der Waals surface area contributed by atoms with Crippen molar-refractivity contribution in [3.63, 3.8) is 0 Å². The number of amides is 1. The summed E-state index contributed by atoms with van der Waals surface area (Å²) in [6, 6.07) is 10.4. The van der Waals surface area contributed by atoms with Crippen molar-refractivity contribution in [3.8, 4) is 22.6 Å². The Morgan fingerprint density at radius 3 is 2.52 bits per heavy atom. The molecule has 1 aromatic carbocycles. The third kappa shape index (κ3) is 4.73. The van der Waals surface area contributed by atoms with E-state index in [1.54, 1.807) is 50.6 Å². The van der Waals surface area contributed by atoms with E-state index in [1.807, 2.05) is 19.9 Å². The number of hydrogen-bond acceptors (Lipinski definition) is 9. The van der Waals surface area contributed by atoms with Crippen LogP contribution in [0.25, 0.3) is 22.0 Å². The molecule has 0 spiro atoms. The van der Waals surface area contributed by atoms with E-state index >= 15 is 0 Å². The van der Waals surface area contributed by atoms with E-state index in [9.17, 15) is 9.59 Å². The molecule has 11 nitrogen and oxygen atoms in total. The van der Waals surface area contributed by atoms with Crippen LogP contribution in [-0.4, -0.2) is 39.8 Å². The van der Waals surface area contributed by atoms with Gasteiger partial charge in [0.25, 0.3) is 11.5 Å². The van der Waals surface area contributed by atoms with Gasteiger partial charge in [0.1, 0.15) is 34.3 Å². The van der Waals surface area contributed by atoms with Gasteiger partial charge in [-0.2, -0.15) is 0 Å². The molecule has 0 aliphatic carbocycles. The summed E-state index contributed by atoms with van der Waals surface area (Å²) in [5, 5.41) is 7.47. The number of hydrogen-bond donors (Lipinski definition) is 2. The molecule has 4 aromatic heterocycles. The van der Waals surface area contributed by atoms with Crippen molar-refractivity contribution >= 4 is 28.3 Å². The zero-order valence-electron chi connectivity index (χ0n) is 22.7. The lowest BCUT2D eigenvalue weighted by Crippen LogP contribution is -2.30. The van der Waals surface area contributed by atoms with Crippen molar-refractivity contribution in [2.24, 2.45) is 0 Å². The van der Waals surface area contributed by atoms with Gasteiger partial charge in [0.2, 0.25) is 0 Å². The number of nitrogens with zero attached hydrogens (tertiary/aromatic N) is 4. The van der Waals surface area contributed by atoms with Crippen LogP contribution in [0.1, 0.15) is 33.1 Å². The molecular weight excluding hydrogens is 512 g/mol. The van der Waals surface area contributed by atoms with Crippen LogP contribution in [0.4, 0.5) is 11.5 Å². The lowest BCUT2D eigenvalue weighted by atomic mass is 9.99. The highest BCUT2D eigenvalue weighted by atomic mass is 16.5. The lowest BCUT2D eigenvalue weighted by Gasteiger charge is -2.17. The molecule has 5 aromatic rings. The highest BCUT2D eigenvalue weighted by Crippen LogP contribution is 2.37. The predicted molar refractivity (Wildman–Crippen MR) is 151 cm³/mol. The molecular formula is C29H28N6O5. The topological polar surface area (TPSA) is 147 Å². The average molecular weight is 541 g/mol. The monoisotopic (exact) mass is 540 g/mol. The number of aromatic nitrogens is 4. The summed E-state index contributed by atoms with van der Waals surface area (Å²) >= 11 is 0. The molecule has 0 atom stereocenters. The minimum absolute atomic E-state index is 0.0524. The maximum atomic E-state index is 13.9. The Morgan fingerprint density at radius 2 is 1.85 bits per heavy atom. The van der Waals surface area contributed by atoms with Crippen molar-refractivity contribution in [1.82, 2.24) is 19.7 Å². The number of nitrogen functional groups attached to an aromatic ring is 1. The van der Waals surface area contributed by atoms with Gasteiger partial charge in [0.15, 0.2) is 0 Å². The number of carbonyl (C=O) groups excluding carboxylic acids is 1. The van der Waals surface area contributed by atoms with Crippen molar-refractivity contribution < 1.29 is 18.8 Å². The minimum atomic E-state index is -0.589. The first-order valence-corrected chi connectivity index (χ1v) is 12.4. The highest BCUT2D eigenvalue weighted by molar-refractivity contribution is 6.06. The van der Waals surface area contributed by atoms with Crippen molar-refractivity contribution in [3.05, 3.63) is 87.4 Å². The highest BCUT2D eigenvalue weighted by Gasteiger charge is 2.22. The first-order valence-electron chi connectivity index (χ1n) is 12.4. The molecule has 0 radical (unpaired) electrons. The first-order chi connectivity index (χ1) is 19.2. The number of benzene rings is 1. The van der Waals surface area contributed by atoms with Crippen molar-refractivity contribution in [2.45, 2.75) is 27.3 Å². The van der Waals surface area contributed by atoms with E-state index < -0.39 is 11.5 Å². The van der Waals surface area contributed by atoms with Gasteiger partial charge in [-0.05, 0) is 56.7 Å². The van der Waals surface area contributed by atoms with Crippen LogP contribution in [0.15, 0.2) is 58.1 Å². The van der Waals surface area contributed by atoms with Gasteiger partial charge in [-0.1, -0.05) is 5.16 Å². The fourth-order valence-corrected chi connectivity index (χ4v) is 4.69. The number of ether oxygens (including phenoxy) is 2. The standard InChI is InChI=1S/C29H28N6O5/c1-15-9-19(13-32-27(15)30)33-28(36)21-11-18-10-20(26-16(2)34-40-17(26)3)25(39-5)12-23(18)35(29(21)37)14-22-24(38-4)7-6-8-31-22/h6-13H,14H2,1-5H3,(H2,30,32)(H,33,36). The summed E-state index contributed by atoms with van der Waals surface area (Å²) in [6.07, 6.45) is 3.06. The number of anilines is 2. The second-order valence-corrected chi connectivity index (χ2v) is 9.29. The molecule has 0 unspecified atom stereocenters. The van der Waals surface area contributed by atoms with Gasteiger partial charge in [-0.15, -0.1) is 0 Å². The van der Waals surface area contributed by atoms with Gasteiger partial charge in [0, 0.05) is 23.2 Å². The van der Waals surface area contributed by atoms with Crippen LogP contribution >= 0.6 is 0 Å². The van der Waals surface area contributed by atoms with E-state index in [1.165, 1.54) is 17.9 Å². The molecule has 0 aliphatic heterocycles. The smallest absolute Gasteiger partial charge is 0.264 e. The van der Waals surface area contributed by atoms with E-state index in [4.69, 9.17) is 19.7 Å². The van der Waals surface area contributed by atoms with Gasteiger partial charge >= 0.3 is 0 Å². The fourth-order valence-electron chi connectivity index (χ4n) is 4.69. The molecule has 0 aliphatic rings. The first kappa shape index (κ1) is 26.4. The van der Waals surface area contributed by atoms with Crippen molar-refractivity contribution in [2.75, 3.05) is 25.3 Å². The number of rotatable bonds is 7. The lowest BCUT2D eigenvalue weighted by molar-refractivity contribution is 0.102. The molecule has 0 bridgehead atoms. The molecule has 1 amide bonds. The minimum Gasteiger partial charge on any atom is -0.496 e. The molecule has 0 saturated carbocycles. The van der Waals surface area contributed by atoms with Gasteiger partial charge in [-0.3, -0.25) is 14.6 Å². The van der Waals surface area contributed by atoms with Gasteiger partial charge in [0.05, 0.1) is 49.4 Å². The zero-order chi connectivity index (χ0) is 28.6. The normalized spacial score (nSPS) is 11.0. The van der Waals surface area contributed by atoms with Crippen LogP contribution in [0, 0.1) is 20.8 Å². The third-order valence-corrected chi connectivity index (χ3v) is 6.72. The van der Waals surface area contributed by atoms with Crippen LogP contribution in [0.5, 0.6) is 11.5 Å². The molecule has 11 heteroatoms. The SMILES string of the molecule is COc1cc2c(cc1-c1c(C)noc1C)cc(C(=O)Nc1cnc(N)c(C)c1)c(=O)n2Cc1ncccc1OC. The maximum Gasteiger partial charge on any atom is 0.264 e. The molecule has 204 valence electrons. The summed E-state index contributed by atoms with van der Waals surface area (Å²) in [4.78, 5) is 35.9. The Morgan fingerprint density at radius 1 is 1.07 bits per heavy atom. The molecule has 40 heavy (non-hydrogen) atoms. The van der Waals surface area contributed by atoms with Crippen LogP contribution in [-0.2, 0) is 6.54 Å². The van der Waals surface area contributed by atoms with Gasteiger partial charge < -0.3 is 29.6 Å². The summed E-state index contributed by atoms with van der Waals surface area (Å²) in [7, 11) is 3.09. The van der Waals surface area contributed by atoms with Gasteiger partial charge in [-0.25, -0.2) is 4.98 Å². The predicted octanol–water partition coefficient (Wildman–Crippen LogP) is 4.27. The third-order valence-electron chi connectivity index (χ3n) is 6.72. The molecule has 4 heterocycles. The summed E-state index contributed by atoms with van der Waals surface area (Å²) in [6.45, 7) is 5.49. The summed E-state index contributed by atoms with van der Waals surface area (Å²) < 4.78 is 18.1. The Kier molecular flexibility index (Phi) is 6.95. The molecule has 5 rings (SSSR count). The van der Waals surface area contributed by atoms with Crippen LogP contribution in [0.2, 0.25) is 0 Å². The molecule has 0 fully saturated rings. The fraction of sp³-hybridized carbons (Fsp3) is 0.207. The Balaban J connectivity index is 1.73. The Hall–Kier alpha value is -5.19. The van der Waals surface area contributed by atoms with E-state index in [0.717, 1.165) is 11.1 Å². The number of aryl methyl sites for hydroxylation is 3. The number of carbonyl (C=O) groups is 1. The number of pyridine rings is 3. The number of methoxy groups -OCH3 is 2. The number of fused-ring (bicyclic) bond motifs is 1. The van der Waals surface area contributed by atoms with Crippen molar-refractivity contribution in [1.29, 1.82) is 0 Å². The van der Waals surface area contributed by atoms with E-state index in [-0.39, 0.29) is 12.1 Å². The second kappa shape index (κ2) is 10.5. The summed E-state index contributed by atoms with van der Waals surface area (Å²) in [5.41, 5.74) is 9.62. The Bertz CT molecular complexity index is 1810. The van der Waals surface area contributed by atoms with Crippen LogP contribution < -0.4 is 26.1 Å². The van der Waals surface area contributed by atoms with E-state index in [0.29, 0.717) is 56.6 Å². The largest absolute Gasteiger partial charge is 0.496 e. The molecule has 3 N–H and O–H groups in total. The average Bonchev–Trinajstić information content (AvgIpc) is 3.28. The summed E-state index contributed by atoms with van der Waals surface area (Å²) in [5.74, 6) is 1.42. The Labute approximate surface area is 229 Å².